The van der Waals surface area contributed by atoms with E-state index in [0.717, 1.165) is 56.4 Å². The minimum atomic E-state index is 0.0558. The second kappa shape index (κ2) is 9.30. The third kappa shape index (κ3) is 6.02. The maximum atomic E-state index is 11.9. The van der Waals surface area contributed by atoms with E-state index in [1.165, 1.54) is 0 Å². The number of anilines is 1. The van der Waals surface area contributed by atoms with E-state index in [2.05, 4.69) is 5.32 Å². The lowest BCUT2D eigenvalue weighted by molar-refractivity contribution is -0.128. The summed E-state index contributed by atoms with van der Waals surface area (Å²) >= 11 is 0. The quantitative estimate of drug-likeness (QED) is 0.688. The number of unbranched alkanes of at least 4 members (excludes halogenated alkanes) is 3. The molecular formula is C18H27N3O2. The summed E-state index contributed by atoms with van der Waals surface area (Å²) in [6.45, 7) is 2.23. The number of carbonyl (C=O) groups is 2. The zero-order valence-corrected chi connectivity index (χ0v) is 13.7. The van der Waals surface area contributed by atoms with Gasteiger partial charge in [-0.3, -0.25) is 9.59 Å². The molecule has 1 heterocycles. The summed E-state index contributed by atoms with van der Waals surface area (Å²) in [6, 6.07) is 7.76. The van der Waals surface area contributed by atoms with Gasteiger partial charge in [0.05, 0.1) is 0 Å². The van der Waals surface area contributed by atoms with Crippen molar-refractivity contribution in [2.75, 3.05) is 18.4 Å². The van der Waals surface area contributed by atoms with E-state index >= 15 is 0 Å². The van der Waals surface area contributed by atoms with Gasteiger partial charge in [0.15, 0.2) is 0 Å². The van der Waals surface area contributed by atoms with Crippen LogP contribution in [0, 0.1) is 0 Å². The maximum Gasteiger partial charge on any atom is 0.224 e. The van der Waals surface area contributed by atoms with Crippen LogP contribution in [0.2, 0.25) is 0 Å². The van der Waals surface area contributed by atoms with E-state index in [1.807, 2.05) is 29.2 Å². The van der Waals surface area contributed by atoms with Crippen molar-refractivity contribution >= 4 is 17.5 Å². The van der Waals surface area contributed by atoms with E-state index in [1.54, 1.807) is 0 Å². The van der Waals surface area contributed by atoms with Crippen molar-refractivity contribution in [1.29, 1.82) is 0 Å². The fraction of sp³-hybridized carbons (Fsp3) is 0.556. The Bertz CT molecular complexity index is 514. The fourth-order valence-corrected chi connectivity index (χ4v) is 2.79. The first-order valence-electron chi connectivity index (χ1n) is 8.55. The number of nitrogens with one attached hydrogen (secondary N) is 1. The third-order valence-electron chi connectivity index (χ3n) is 4.14. The number of rotatable bonds is 9. The average molecular weight is 317 g/mol. The molecule has 0 unspecified atom stereocenters. The monoisotopic (exact) mass is 317 g/mol. The molecule has 1 fully saturated rings. The molecule has 1 saturated heterocycles. The lowest BCUT2D eigenvalue weighted by Crippen LogP contribution is -2.23. The highest BCUT2D eigenvalue weighted by atomic mass is 16.2. The summed E-state index contributed by atoms with van der Waals surface area (Å²) in [7, 11) is 0. The zero-order chi connectivity index (χ0) is 16.5. The van der Waals surface area contributed by atoms with Crippen molar-refractivity contribution in [3.05, 3.63) is 29.8 Å². The maximum absolute atomic E-state index is 11.9. The van der Waals surface area contributed by atoms with Gasteiger partial charge in [0.1, 0.15) is 0 Å². The van der Waals surface area contributed by atoms with E-state index in [9.17, 15) is 9.59 Å². The number of benzene rings is 1. The molecule has 1 aliphatic rings. The molecule has 1 aromatic carbocycles. The van der Waals surface area contributed by atoms with Gasteiger partial charge in [0.25, 0.3) is 0 Å². The van der Waals surface area contributed by atoms with Crippen LogP contribution in [0.1, 0.15) is 50.5 Å². The van der Waals surface area contributed by atoms with Gasteiger partial charge in [-0.2, -0.15) is 0 Å². The summed E-state index contributed by atoms with van der Waals surface area (Å²) in [5.41, 5.74) is 7.35. The Morgan fingerprint density at radius 1 is 1.13 bits per heavy atom. The van der Waals surface area contributed by atoms with Gasteiger partial charge in [-0.1, -0.05) is 25.0 Å². The highest BCUT2D eigenvalue weighted by Gasteiger charge is 2.19. The largest absolute Gasteiger partial charge is 0.338 e. The molecule has 2 rings (SSSR count). The van der Waals surface area contributed by atoms with Crippen LogP contribution in [0.4, 0.5) is 5.69 Å². The van der Waals surface area contributed by atoms with Gasteiger partial charge >= 0.3 is 0 Å². The molecule has 0 radical (unpaired) electrons. The number of nitrogens with two attached hydrogens (primary N) is 1. The summed E-state index contributed by atoms with van der Waals surface area (Å²) < 4.78 is 0. The third-order valence-corrected chi connectivity index (χ3v) is 4.14. The molecule has 1 aliphatic heterocycles. The van der Waals surface area contributed by atoms with Gasteiger partial charge in [0, 0.05) is 31.6 Å². The van der Waals surface area contributed by atoms with Gasteiger partial charge < -0.3 is 16.0 Å². The Morgan fingerprint density at radius 3 is 2.52 bits per heavy atom. The molecular weight excluding hydrogens is 290 g/mol. The van der Waals surface area contributed by atoms with Crippen molar-refractivity contribution in [2.45, 2.75) is 51.5 Å². The highest BCUT2D eigenvalue weighted by Crippen LogP contribution is 2.16. The normalized spacial score (nSPS) is 14.3. The van der Waals surface area contributed by atoms with Crippen molar-refractivity contribution < 1.29 is 9.59 Å². The minimum Gasteiger partial charge on any atom is -0.338 e. The number of amides is 2. The molecule has 2 amide bonds. The highest BCUT2D eigenvalue weighted by molar-refractivity contribution is 5.90. The Kier molecular flexibility index (Phi) is 7.07. The van der Waals surface area contributed by atoms with Gasteiger partial charge in [-0.15, -0.1) is 0 Å². The second-order valence-electron chi connectivity index (χ2n) is 6.12. The van der Waals surface area contributed by atoms with Crippen LogP contribution >= 0.6 is 0 Å². The first kappa shape index (κ1) is 17.5. The van der Waals surface area contributed by atoms with Gasteiger partial charge in [0.2, 0.25) is 11.8 Å². The molecule has 126 valence electrons. The van der Waals surface area contributed by atoms with Crippen LogP contribution in [0.25, 0.3) is 0 Å². The van der Waals surface area contributed by atoms with Crippen LogP contribution in [0.5, 0.6) is 0 Å². The summed E-state index contributed by atoms with van der Waals surface area (Å²) in [4.78, 5) is 25.4. The zero-order valence-electron chi connectivity index (χ0n) is 13.7. The Labute approximate surface area is 138 Å². The van der Waals surface area contributed by atoms with Crippen molar-refractivity contribution in [2.24, 2.45) is 5.73 Å². The van der Waals surface area contributed by atoms with Gasteiger partial charge in [-0.25, -0.2) is 0 Å². The van der Waals surface area contributed by atoms with E-state index in [-0.39, 0.29) is 11.8 Å². The van der Waals surface area contributed by atoms with E-state index in [4.69, 9.17) is 5.73 Å². The molecule has 5 heteroatoms. The van der Waals surface area contributed by atoms with Crippen molar-refractivity contribution in [1.82, 2.24) is 4.90 Å². The topological polar surface area (TPSA) is 75.4 Å². The number of likely N-dealkylation sites (tertiary alicyclic amines) is 1. The average Bonchev–Trinajstić information content (AvgIpc) is 2.94. The first-order chi connectivity index (χ1) is 11.2. The van der Waals surface area contributed by atoms with Crippen LogP contribution in [0.3, 0.4) is 0 Å². The number of hydrogen-bond acceptors (Lipinski definition) is 3. The molecule has 0 aliphatic carbocycles. The smallest absolute Gasteiger partial charge is 0.224 e. The predicted molar refractivity (Wildman–Crippen MR) is 91.9 cm³/mol. The lowest BCUT2D eigenvalue weighted by Gasteiger charge is -2.15. The molecule has 0 atom stereocenters. The number of nitrogens with zero attached hydrogens (tertiary/aromatic N) is 1. The molecule has 1 aromatic rings. The van der Waals surface area contributed by atoms with Crippen molar-refractivity contribution in [3.8, 4) is 0 Å². The predicted octanol–water partition coefficient (Wildman–Crippen LogP) is 2.66. The standard InChI is InChI=1S/C18H27N3O2/c19-12-4-2-1-3-6-17(22)20-16-10-8-15(9-11-16)14-21-13-5-7-18(21)23/h8-11H,1-7,12-14,19H2,(H,20,22). The summed E-state index contributed by atoms with van der Waals surface area (Å²) in [6.07, 6.45) is 6.25. The van der Waals surface area contributed by atoms with Crippen LogP contribution < -0.4 is 11.1 Å². The Balaban J connectivity index is 1.71. The van der Waals surface area contributed by atoms with Crippen LogP contribution in [0.15, 0.2) is 24.3 Å². The summed E-state index contributed by atoms with van der Waals surface area (Å²) in [5, 5.41) is 2.92. The van der Waals surface area contributed by atoms with E-state index in [0.29, 0.717) is 19.4 Å². The number of carbonyl (C=O) groups excluding carboxylic acids is 2. The minimum absolute atomic E-state index is 0.0558. The van der Waals surface area contributed by atoms with Crippen LogP contribution in [-0.4, -0.2) is 29.8 Å². The summed E-state index contributed by atoms with van der Waals surface area (Å²) in [5.74, 6) is 0.289. The van der Waals surface area contributed by atoms with Crippen LogP contribution in [-0.2, 0) is 16.1 Å². The van der Waals surface area contributed by atoms with Crippen molar-refractivity contribution in [3.63, 3.8) is 0 Å². The molecule has 0 bridgehead atoms. The Hall–Kier alpha value is -1.88. The molecule has 3 N–H and O–H groups in total. The lowest BCUT2D eigenvalue weighted by atomic mass is 10.1. The Morgan fingerprint density at radius 2 is 1.87 bits per heavy atom. The second-order valence-corrected chi connectivity index (χ2v) is 6.12. The molecule has 0 aromatic heterocycles. The van der Waals surface area contributed by atoms with Gasteiger partial charge in [-0.05, 0) is 43.5 Å². The first-order valence-corrected chi connectivity index (χ1v) is 8.55. The van der Waals surface area contributed by atoms with E-state index < -0.39 is 0 Å². The molecule has 5 nitrogen and oxygen atoms in total. The molecule has 23 heavy (non-hydrogen) atoms. The molecule has 0 spiro atoms. The molecule has 0 saturated carbocycles. The number of hydrogen-bond donors (Lipinski definition) is 2. The SMILES string of the molecule is NCCCCCCC(=O)Nc1ccc(CN2CCCC2=O)cc1. The fourth-order valence-electron chi connectivity index (χ4n) is 2.79.